The summed E-state index contributed by atoms with van der Waals surface area (Å²) >= 11 is 0. The van der Waals surface area contributed by atoms with Crippen molar-refractivity contribution in [2.75, 3.05) is 0 Å². The number of ether oxygens (including phenoxy) is 1. The van der Waals surface area contributed by atoms with Gasteiger partial charge < -0.3 is 4.74 Å². The molecule has 0 spiro atoms. The molecule has 0 amide bonds. The van der Waals surface area contributed by atoms with Gasteiger partial charge in [0.1, 0.15) is 5.75 Å². The first-order chi connectivity index (χ1) is 16.2. The summed E-state index contributed by atoms with van der Waals surface area (Å²) in [5, 5.41) is 0. The fourth-order valence-corrected chi connectivity index (χ4v) is 4.00. The summed E-state index contributed by atoms with van der Waals surface area (Å²) in [6.07, 6.45) is 22.7. The highest BCUT2D eigenvalue weighted by Crippen LogP contribution is 2.21. The van der Waals surface area contributed by atoms with Crippen LogP contribution < -0.4 is 4.74 Å². The molecular weight excluding hydrogens is 408 g/mol. The zero-order valence-corrected chi connectivity index (χ0v) is 21.0. The fourth-order valence-electron chi connectivity index (χ4n) is 4.00. The van der Waals surface area contributed by atoms with Gasteiger partial charge in [-0.3, -0.25) is 14.8 Å². The van der Waals surface area contributed by atoms with Crippen LogP contribution in [0.1, 0.15) is 116 Å². The largest absolute Gasteiger partial charge is 0.427 e. The molecule has 0 bridgehead atoms. The Bertz CT molecular complexity index is 756. The Morgan fingerprint density at radius 3 is 1.85 bits per heavy atom. The molecule has 0 radical (unpaired) electrons. The molecule has 2 aromatic rings. The average molecular weight is 453 g/mol. The number of carbonyl (C=O) groups excluding carboxylic acids is 1. The van der Waals surface area contributed by atoms with Crippen molar-refractivity contribution in [2.45, 2.75) is 117 Å². The molecule has 0 unspecified atom stereocenters. The summed E-state index contributed by atoms with van der Waals surface area (Å²) in [7, 11) is 0. The number of nitrogens with zero attached hydrogens (tertiary/aromatic N) is 2. The topological polar surface area (TPSA) is 52.1 Å². The first-order valence-electron chi connectivity index (χ1n) is 13.3. The Labute approximate surface area is 201 Å². The van der Waals surface area contributed by atoms with Gasteiger partial charge in [-0.15, -0.1) is 0 Å². The quantitative estimate of drug-likeness (QED) is 0.129. The molecule has 33 heavy (non-hydrogen) atoms. The van der Waals surface area contributed by atoms with Gasteiger partial charge in [0, 0.05) is 18.2 Å². The van der Waals surface area contributed by atoms with Crippen LogP contribution in [0.25, 0.3) is 11.3 Å². The summed E-state index contributed by atoms with van der Waals surface area (Å²) in [4.78, 5) is 21.3. The molecule has 0 aliphatic heterocycles. The molecule has 0 saturated heterocycles. The summed E-state index contributed by atoms with van der Waals surface area (Å²) in [5.41, 5.74) is 2.88. The zero-order valence-electron chi connectivity index (χ0n) is 21.0. The number of carbonyl (C=O) groups is 1. The SMILES string of the molecule is CCCCCCCCCCCC(=O)Oc1ccc(-c2cnc(CCCCCCC)cn2)cc1. The molecule has 2 rings (SSSR count). The number of benzene rings is 1. The van der Waals surface area contributed by atoms with Gasteiger partial charge in [-0.05, 0) is 43.5 Å². The minimum Gasteiger partial charge on any atom is -0.427 e. The number of unbranched alkanes of at least 4 members (excludes halogenated alkanes) is 12. The van der Waals surface area contributed by atoms with Crippen molar-refractivity contribution in [1.82, 2.24) is 9.97 Å². The van der Waals surface area contributed by atoms with E-state index in [0.717, 1.165) is 36.2 Å². The maximum atomic E-state index is 12.1. The molecule has 182 valence electrons. The number of hydrogen-bond acceptors (Lipinski definition) is 4. The van der Waals surface area contributed by atoms with E-state index >= 15 is 0 Å². The van der Waals surface area contributed by atoms with Crippen LogP contribution in [-0.4, -0.2) is 15.9 Å². The molecule has 0 N–H and O–H groups in total. The van der Waals surface area contributed by atoms with Crippen LogP contribution in [0.4, 0.5) is 0 Å². The van der Waals surface area contributed by atoms with Crippen molar-refractivity contribution in [3.05, 3.63) is 42.4 Å². The molecule has 1 aromatic heterocycles. The van der Waals surface area contributed by atoms with Crippen molar-refractivity contribution >= 4 is 5.97 Å². The third-order valence-corrected chi connectivity index (χ3v) is 6.11. The van der Waals surface area contributed by atoms with E-state index in [2.05, 4.69) is 23.8 Å². The minimum atomic E-state index is -0.145. The Hall–Kier alpha value is -2.23. The van der Waals surface area contributed by atoms with Gasteiger partial charge in [-0.1, -0.05) is 90.9 Å². The lowest BCUT2D eigenvalue weighted by atomic mass is 10.1. The standard InChI is InChI=1S/C29H44N2O2/c1-3-5-7-9-10-11-12-14-16-18-29(32)33-27-21-19-25(20-22-27)28-24-30-26(23-31-28)17-15-13-8-6-4-2/h19-24H,3-18H2,1-2H3. The van der Waals surface area contributed by atoms with E-state index in [-0.39, 0.29) is 5.97 Å². The van der Waals surface area contributed by atoms with Crippen molar-refractivity contribution in [3.8, 4) is 17.0 Å². The molecule has 0 atom stereocenters. The Balaban J connectivity index is 1.64. The van der Waals surface area contributed by atoms with Gasteiger partial charge in [-0.2, -0.15) is 0 Å². The van der Waals surface area contributed by atoms with Crippen molar-refractivity contribution in [1.29, 1.82) is 0 Å². The van der Waals surface area contributed by atoms with Crippen LogP contribution in [0, 0.1) is 0 Å². The molecule has 4 heteroatoms. The lowest BCUT2D eigenvalue weighted by molar-refractivity contribution is -0.134. The summed E-state index contributed by atoms with van der Waals surface area (Å²) in [6, 6.07) is 7.56. The highest BCUT2D eigenvalue weighted by Gasteiger charge is 2.07. The summed E-state index contributed by atoms with van der Waals surface area (Å²) in [6.45, 7) is 4.48. The second-order valence-electron chi connectivity index (χ2n) is 9.13. The van der Waals surface area contributed by atoms with E-state index in [4.69, 9.17) is 4.74 Å². The number of rotatable bonds is 18. The van der Waals surface area contributed by atoms with Crippen LogP contribution in [0.5, 0.6) is 5.75 Å². The van der Waals surface area contributed by atoms with Crippen molar-refractivity contribution < 1.29 is 9.53 Å². The number of aromatic nitrogens is 2. The van der Waals surface area contributed by atoms with Gasteiger partial charge >= 0.3 is 5.97 Å². The summed E-state index contributed by atoms with van der Waals surface area (Å²) < 4.78 is 5.49. The maximum absolute atomic E-state index is 12.1. The van der Waals surface area contributed by atoms with Crippen LogP contribution >= 0.6 is 0 Å². The van der Waals surface area contributed by atoms with E-state index in [1.807, 2.05) is 36.7 Å². The van der Waals surface area contributed by atoms with E-state index in [9.17, 15) is 4.79 Å². The average Bonchev–Trinajstić information content (AvgIpc) is 2.84. The lowest BCUT2D eigenvalue weighted by Gasteiger charge is -2.07. The monoisotopic (exact) mass is 452 g/mol. The predicted octanol–water partition coefficient (Wildman–Crippen LogP) is 8.48. The molecule has 1 aromatic carbocycles. The van der Waals surface area contributed by atoms with Crippen LogP contribution in [0.3, 0.4) is 0 Å². The lowest BCUT2D eigenvalue weighted by Crippen LogP contribution is -2.07. The molecule has 0 saturated carbocycles. The van der Waals surface area contributed by atoms with Crippen LogP contribution in [0.15, 0.2) is 36.7 Å². The predicted molar refractivity (Wildman–Crippen MR) is 137 cm³/mol. The van der Waals surface area contributed by atoms with E-state index in [0.29, 0.717) is 12.2 Å². The zero-order chi connectivity index (χ0) is 23.6. The second kappa shape index (κ2) is 17.3. The Morgan fingerprint density at radius 2 is 1.27 bits per heavy atom. The smallest absolute Gasteiger partial charge is 0.311 e. The fraction of sp³-hybridized carbons (Fsp3) is 0.621. The molecule has 0 aliphatic rings. The molecule has 0 aliphatic carbocycles. The Morgan fingerprint density at radius 1 is 0.697 bits per heavy atom. The highest BCUT2D eigenvalue weighted by molar-refractivity contribution is 5.72. The number of aryl methyl sites for hydroxylation is 1. The third kappa shape index (κ3) is 12.0. The van der Waals surface area contributed by atoms with Gasteiger partial charge in [0.25, 0.3) is 0 Å². The normalized spacial score (nSPS) is 11.0. The van der Waals surface area contributed by atoms with Crippen LogP contribution in [0.2, 0.25) is 0 Å². The van der Waals surface area contributed by atoms with Gasteiger partial charge in [0.2, 0.25) is 0 Å². The van der Waals surface area contributed by atoms with E-state index < -0.39 is 0 Å². The van der Waals surface area contributed by atoms with Crippen LogP contribution in [-0.2, 0) is 11.2 Å². The highest BCUT2D eigenvalue weighted by atomic mass is 16.5. The molecule has 0 fully saturated rings. The van der Waals surface area contributed by atoms with Gasteiger partial charge in [0.05, 0.1) is 17.6 Å². The van der Waals surface area contributed by atoms with E-state index in [1.54, 1.807) is 0 Å². The number of hydrogen-bond donors (Lipinski definition) is 0. The van der Waals surface area contributed by atoms with Gasteiger partial charge in [0.15, 0.2) is 0 Å². The first kappa shape index (κ1) is 27.0. The van der Waals surface area contributed by atoms with Crippen molar-refractivity contribution in [3.63, 3.8) is 0 Å². The third-order valence-electron chi connectivity index (χ3n) is 6.11. The van der Waals surface area contributed by atoms with Crippen molar-refractivity contribution in [2.24, 2.45) is 0 Å². The Kier molecular flexibility index (Phi) is 14.1. The maximum Gasteiger partial charge on any atom is 0.311 e. The van der Waals surface area contributed by atoms with Gasteiger partial charge in [-0.25, -0.2) is 0 Å². The number of esters is 1. The second-order valence-corrected chi connectivity index (χ2v) is 9.13. The minimum absolute atomic E-state index is 0.145. The molecular formula is C29H44N2O2. The molecule has 4 nitrogen and oxygen atoms in total. The molecule has 1 heterocycles. The summed E-state index contributed by atoms with van der Waals surface area (Å²) in [5.74, 6) is 0.449. The first-order valence-corrected chi connectivity index (χ1v) is 13.3. The van der Waals surface area contributed by atoms with E-state index in [1.165, 1.54) is 77.0 Å².